The fraction of sp³-hybridized carbons (Fsp3) is 0.417. The molecule has 0 aliphatic heterocycles. The maximum atomic E-state index is 12.3. The smallest absolute Gasteiger partial charge is 0.279 e. The summed E-state index contributed by atoms with van der Waals surface area (Å²) in [6, 6.07) is 15.0. The van der Waals surface area contributed by atoms with E-state index < -0.39 is 12.0 Å². The molecular weight excluding hydrogens is 364 g/mol. The van der Waals surface area contributed by atoms with Gasteiger partial charge in [0.25, 0.3) is 11.8 Å². The van der Waals surface area contributed by atoms with Gasteiger partial charge in [0.1, 0.15) is 5.75 Å². The van der Waals surface area contributed by atoms with E-state index in [-0.39, 0.29) is 16.7 Å². The molecule has 2 aromatic rings. The van der Waals surface area contributed by atoms with Gasteiger partial charge in [0.05, 0.1) is 0 Å². The van der Waals surface area contributed by atoms with E-state index in [1.165, 1.54) is 5.56 Å². The predicted octanol–water partition coefficient (Wildman–Crippen LogP) is 4.51. The highest BCUT2D eigenvalue weighted by Gasteiger charge is 2.18. The van der Waals surface area contributed by atoms with Gasteiger partial charge in [0.2, 0.25) is 0 Å². The van der Waals surface area contributed by atoms with Gasteiger partial charge in [-0.05, 0) is 53.1 Å². The third-order valence-electron chi connectivity index (χ3n) is 4.71. The fourth-order valence-corrected chi connectivity index (χ4v) is 2.70. The van der Waals surface area contributed by atoms with Gasteiger partial charge in [-0.2, -0.15) is 0 Å². The summed E-state index contributed by atoms with van der Waals surface area (Å²) in [6.45, 7) is 14.4. The fourth-order valence-electron chi connectivity index (χ4n) is 2.70. The number of benzene rings is 2. The molecule has 5 nitrogen and oxygen atoms in total. The van der Waals surface area contributed by atoms with Crippen LogP contribution in [0.15, 0.2) is 48.5 Å². The number of carbonyl (C=O) groups is 2. The lowest BCUT2D eigenvalue weighted by atomic mass is 9.87. The molecule has 1 unspecified atom stereocenters. The summed E-state index contributed by atoms with van der Waals surface area (Å²) in [5.74, 6) is -0.199. The molecule has 5 heteroatoms. The van der Waals surface area contributed by atoms with Crippen LogP contribution >= 0.6 is 0 Å². The molecule has 156 valence electrons. The Morgan fingerprint density at radius 2 is 1.21 bits per heavy atom. The summed E-state index contributed by atoms with van der Waals surface area (Å²) in [5, 5.41) is 0. The summed E-state index contributed by atoms with van der Waals surface area (Å²) in [5.41, 5.74) is 7.72. The lowest BCUT2D eigenvalue weighted by molar-refractivity contribution is -0.128. The number of rotatable bonds is 4. The Hall–Kier alpha value is -2.82. The monoisotopic (exact) mass is 396 g/mol. The quantitative estimate of drug-likeness (QED) is 0.747. The first-order valence-corrected chi connectivity index (χ1v) is 9.86. The lowest BCUT2D eigenvalue weighted by Crippen LogP contribution is -2.47. The molecule has 29 heavy (non-hydrogen) atoms. The van der Waals surface area contributed by atoms with Crippen LogP contribution in [0.1, 0.15) is 70.0 Å². The van der Waals surface area contributed by atoms with Gasteiger partial charge in [-0.15, -0.1) is 0 Å². The Labute approximate surface area is 173 Å². The average molecular weight is 397 g/mol. The molecule has 0 heterocycles. The molecule has 0 spiro atoms. The van der Waals surface area contributed by atoms with Crippen molar-refractivity contribution in [3.05, 3.63) is 65.2 Å². The number of ether oxygens (including phenoxy) is 1. The number of amides is 2. The third kappa shape index (κ3) is 6.34. The van der Waals surface area contributed by atoms with Gasteiger partial charge >= 0.3 is 0 Å². The number of hydrogen-bond acceptors (Lipinski definition) is 3. The Morgan fingerprint density at radius 3 is 1.66 bits per heavy atom. The molecule has 0 saturated heterocycles. The average Bonchev–Trinajstić information content (AvgIpc) is 2.65. The van der Waals surface area contributed by atoms with Crippen molar-refractivity contribution in [2.45, 2.75) is 65.4 Å². The van der Waals surface area contributed by atoms with Crippen LogP contribution in [0.3, 0.4) is 0 Å². The van der Waals surface area contributed by atoms with Gasteiger partial charge in [0.15, 0.2) is 6.10 Å². The highest BCUT2D eigenvalue weighted by molar-refractivity contribution is 5.95. The Kier molecular flexibility index (Phi) is 6.73. The maximum Gasteiger partial charge on any atom is 0.279 e. The van der Waals surface area contributed by atoms with Gasteiger partial charge in [0, 0.05) is 5.56 Å². The van der Waals surface area contributed by atoms with Crippen molar-refractivity contribution in [1.82, 2.24) is 10.9 Å². The van der Waals surface area contributed by atoms with E-state index in [1.54, 1.807) is 19.1 Å². The van der Waals surface area contributed by atoms with E-state index in [4.69, 9.17) is 4.74 Å². The van der Waals surface area contributed by atoms with Gasteiger partial charge in [-0.3, -0.25) is 20.4 Å². The van der Waals surface area contributed by atoms with E-state index in [0.29, 0.717) is 11.3 Å². The molecule has 0 bridgehead atoms. The van der Waals surface area contributed by atoms with Crippen molar-refractivity contribution in [2.75, 3.05) is 0 Å². The second-order valence-corrected chi connectivity index (χ2v) is 9.31. The lowest BCUT2D eigenvalue weighted by Gasteiger charge is -2.20. The molecule has 1 atom stereocenters. The normalized spacial score (nSPS) is 12.8. The van der Waals surface area contributed by atoms with Crippen molar-refractivity contribution in [1.29, 1.82) is 0 Å². The van der Waals surface area contributed by atoms with Gasteiger partial charge < -0.3 is 4.74 Å². The summed E-state index contributed by atoms with van der Waals surface area (Å²) >= 11 is 0. The number of hydrogen-bond donors (Lipinski definition) is 2. The second-order valence-electron chi connectivity index (χ2n) is 9.31. The molecule has 0 aliphatic rings. The van der Waals surface area contributed by atoms with E-state index >= 15 is 0 Å². The Morgan fingerprint density at radius 1 is 0.759 bits per heavy atom. The first kappa shape index (κ1) is 22.5. The minimum atomic E-state index is -0.751. The molecule has 0 radical (unpaired) electrons. The summed E-state index contributed by atoms with van der Waals surface area (Å²) < 4.78 is 5.67. The zero-order chi connectivity index (χ0) is 21.8. The summed E-state index contributed by atoms with van der Waals surface area (Å²) in [7, 11) is 0. The minimum absolute atomic E-state index is 0.0150. The van der Waals surface area contributed by atoms with Crippen LogP contribution in [-0.4, -0.2) is 17.9 Å². The molecule has 2 amide bonds. The summed E-state index contributed by atoms with van der Waals surface area (Å²) in [6.07, 6.45) is -0.751. The molecule has 0 saturated carbocycles. The SMILES string of the molecule is CC(Oc1ccc(C(C)(C)C)cc1)C(=O)NNC(=O)c1ccc(C(C)(C)C)cc1. The number of hydrazine groups is 1. The maximum absolute atomic E-state index is 12.3. The number of nitrogens with one attached hydrogen (secondary N) is 2. The molecule has 2 N–H and O–H groups in total. The first-order valence-electron chi connectivity index (χ1n) is 9.86. The van der Waals surface area contributed by atoms with Crippen LogP contribution in [0.2, 0.25) is 0 Å². The molecule has 2 aromatic carbocycles. The topological polar surface area (TPSA) is 67.4 Å². The zero-order valence-corrected chi connectivity index (χ0v) is 18.4. The zero-order valence-electron chi connectivity index (χ0n) is 18.4. The standard InChI is InChI=1S/C24H32N2O3/c1-16(29-20-14-12-19(13-15-20)24(5,6)7)21(27)25-26-22(28)17-8-10-18(11-9-17)23(2,3)4/h8-16H,1-7H3,(H,25,27)(H,26,28). The van der Waals surface area contributed by atoms with E-state index in [1.807, 2.05) is 36.4 Å². The van der Waals surface area contributed by atoms with Crippen LogP contribution in [0, 0.1) is 0 Å². The second kappa shape index (κ2) is 8.68. The molecule has 2 rings (SSSR count). The van der Waals surface area contributed by atoms with Gasteiger partial charge in [-0.1, -0.05) is 65.8 Å². The van der Waals surface area contributed by atoms with Crippen LogP contribution in [-0.2, 0) is 15.6 Å². The van der Waals surface area contributed by atoms with Crippen molar-refractivity contribution in [3.63, 3.8) is 0 Å². The highest BCUT2D eigenvalue weighted by Crippen LogP contribution is 2.25. The molecule has 0 fully saturated rings. The van der Waals surface area contributed by atoms with Crippen molar-refractivity contribution < 1.29 is 14.3 Å². The minimum Gasteiger partial charge on any atom is -0.481 e. The third-order valence-corrected chi connectivity index (χ3v) is 4.71. The largest absolute Gasteiger partial charge is 0.481 e. The van der Waals surface area contributed by atoms with Crippen LogP contribution < -0.4 is 15.6 Å². The van der Waals surface area contributed by atoms with Crippen molar-refractivity contribution in [3.8, 4) is 5.75 Å². The van der Waals surface area contributed by atoms with Gasteiger partial charge in [-0.25, -0.2) is 0 Å². The van der Waals surface area contributed by atoms with Crippen LogP contribution in [0.5, 0.6) is 5.75 Å². The number of carbonyl (C=O) groups excluding carboxylic acids is 2. The van der Waals surface area contributed by atoms with Crippen molar-refractivity contribution in [2.24, 2.45) is 0 Å². The predicted molar refractivity (Wildman–Crippen MR) is 116 cm³/mol. The Bertz CT molecular complexity index is 842. The van der Waals surface area contributed by atoms with E-state index in [9.17, 15) is 9.59 Å². The summed E-state index contributed by atoms with van der Waals surface area (Å²) in [4.78, 5) is 24.5. The molecule has 0 aromatic heterocycles. The highest BCUT2D eigenvalue weighted by atomic mass is 16.5. The van der Waals surface area contributed by atoms with E-state index in [0.717, 1.165) is 5.56 Å². The Balaban J connectivity index is 1.88. The van der Waals surface area contributed by atoms with Crippen LogP contribution in [0.25, 0.3) is 0 Å². The molecular formula is C24H32N2O3. The van der Waals surface area contributed by atoms with E-state index in [2.05, 4.69) is 52.4 Å². The first-order chi connectivity index (χ1) is 13.4. The van der Waals surface area contributed by atoms with Crippen molar-refractivity contribution >= 4 is 11.8 Å². The molecule has 0 aliphatic carbocycles. The van der Waals surface area contributed by atoms with Crippen LogP contribution in [0.4, 0.5) is 0 Å².